The average Bonchev–Trinajstić information content (AvgIpc) is 2.97. The van der Waals surface area contributed by atoms with E-state index in [2.05, 4.69) is 5.32 Å². The van der Waals surface area contributed by atoms with Gasteiger partial charge in [0.15, 0.2) is 0 Å². The molecule has 2 N–H and O–H groups in total. The summed E-state index contributed by atoms with van der Waals surface area (Å²) in [5, 5.41) is 11.7. The fourth-order valence-electron chi connectivity index (χ4n) is 3.06. The standard InChI is InChI=1S/C22H22FN3O4S/c1-25(13-15-5-4-7-17(27)11-15)14-20(28)24-9-10-26-21(29)19(31-22(26)30)12-16-6-2-3-8-18(16)23/h2-8,11-12,27H,9-10,13-14H2,1H3,(H,24,28)/b19-12-. The Balaban J connectivity index is 1.47. The first-order chi connectivity index (χ1) is 14.8. The molecule has 0 bridgehead atoms. The molecule has 3 amide bonds. The Hall–Kier alpha value is -3.17. The number of nitrogens with zero attached hydrogens (tertiary/aromatic N) is 2. The van der Waals surface area contributed by atoms with Gasteiger partial charge >= 0.3 is 0 Å². The van der Waals surface area contributed by atoms with Crippen LogP contribution in [0.1, 0.15) is 11.1 Å². The number of carbonyl (C=O) groups excluding carboxylic acids is 3. The summed E-state index contributed by atoms with van der Waals surface area (Å²) >= 11 is 0.748. The van der Waals surface area contributed by atoms with Crippen molar-refractivity contribution in [1.29, 1.82) is 0 Å². The van der Waals surface area contributed by atoms with Crippen molar-refractivity contribution in [2.24, 2.45) is 0 Å². The van der Waals surface area contributed by atoms with Gasteiger partial charge in [0, 0.05) is 25.2 Å². The number of likely N-dealkylation sites (N-methyl/N-ethyl adjacent to an activating group) is 1. The third-order valence-corrected chi connectivity index (χ3v) is 5.41. The highest BCUT2D eigenvalue weighted by molar-refractivity contribution is 8.18. The lowest BCUT2D eigenvalue weighted by molar-refractivity contribution is -0.124. The minimum atomic E-state index is -0.506. The molecule has 31 heavy (non-hydrogen) atoms. The smallest absolute Gasteiger partial charge is 0.293 e. The molecule has 0 unspecified atom stereocenters. The SMILES string of the molecule is CN(CC(=O)NCCN1C(=O)S/C(=C\c2ccccc2F)C1=O)Cc1cccc(O)c1. The minimum Gasteiger partial charge on any atom is -0.508 e. The second-order valence-corrected chi connectivity index (χ2v) is 8.04. The van der Waals surface area contributed by atoms with Crippen LogP contribution >= 0.6 is 11.8 Å². The van der Waals surface area contributed by atoms with Crippen LogP contribution in [-0.4, -0.2) is 58.6 Å². The van der Waals surface area contributed by atoms with E-state index in [1.165, 1.54) is 18.2 Å². The molecule has 1 aliphatic rings. The van der Waals surface area contributed by atoms with Gasteiger partial charge in [0.1, 0.15) is 11.6 Å². The fraction of sp³-hybridized carbons (Fsp3) is 0.227. The molecule has 1 aliphatic heterocycles. The lowest BCUT2D eigenvalue weighted by Gasteiger charge is -2.17. The molecule has 0 aromatic heterocycles. The van der Waals surface area contributed by atoms with Crippen LogP contribution < -0.4 is 5.32 Å². The summed E-state index contributed by atoms with van der Waals surface area (Å²) in [4.78, 5) is 39.7. The molecule has 0 radical (unpaired) electrons. The van der Waals surface area contributed by atoms with Gasteiger partial charge in [0.05, 0.1) is 11.4 Å². The highest BCUT2D eigenvalue weighted by Crippen LogP contribution is 2.32. The largest absolute Gasteiger partial charge is 0.508 e. The van der Waals surface area contributed by atoms with Crippen molar-refractivity contribution in [3.05, 3.63) is 70.4 Å². The number of benzene rings is 2. The van der Waals surface area contributed by atoms with Gasteiger partial charge in [-0.3, -0.25) is 24.2 Å². The van der Waals surface area contributed by atoms with Crippen LogP contribution in [0.2, 0.25) is 0 Å². The first-order valence-corrected chi connectivity index (χ1v) is 10.4. The van der Waals surface area contributed by atoms with E-state index in [-0.39, 0.29) is 41.8 Å². The lowest BCUT2D eigenvalue weighted by Crippen LogP contribution is -2.40. The molecular weight excluding hydrogens is 421 g/mol. The Labute approximate surface area is 183 Å². The molecule has 9 heteroatoms. The zero-order chi connectivity index (χ0) is 22.4. The van der Waals surface area contributed by atoms with Crippen LogP contribution in [0.4, 0.5) is 9.18 Å². The van der Waals surface area contributed by atoms with Crippen molar-refractivity contribution in [2.45, 2.75) is 6.54 Å². The van der Waals surface area contributed by atoms with E-state index in [0.29, 0.717) is 6.54 Å². The van der Waals surface area contributed by atoms with Crippen molar-refractivity contribution >= 4 is 34.9 Å². The van der Waals surface area contributed by atoms with Crippen molar-refractivity contribution in [3.8, 4) is 5.75 Å². The first-order valence-electron chi connectivity index (χ1n) is 9.56. The zero-order valence-electron chi connectivity index (χ0n) is 16.9. The number of phenolic OH excluding ortho intramolecular Hbond substituents is 1. The van der Waals surface area contributed by atoms with Crippen molar-refractivity contribution in [1.82, 2.24) is 15.1 Å². The molecule has 0 saturated carbocycles. The maximum absolute atomic E-state index is 13.8. The third kappa shape index (κ3) is 6.16. The number of amides is 3. The molecule has 1 fully saturated rings. The van der Waals surface area contributed by atoms with E-state index in [0.717, 1.165) is 22.2 Å². The number of thioether (sulfide) groups is 1. The quantitative estimate of drug-likeness (QED) is 0.610. The van der Waals surface area contributed by atoms with Crippen LogP contribution in [0.25, 0.3) is 6.08 Å². The van der Waals surface area contributed by atoms with E-state index >= 15 is 0 Å². The lowest BCUT2D eigenvalue weighted by atomic mass is 10.2. The van der Waals surface area contributed by atoms with Crippen molar-refractivity contribution in [2.75, 3.05) is 26.7 Å². The van der Waals surface area contributed by atoms with Gasteiger partial charge in [-0.25, -0.2) is 4.39 Å². The monoisotopic (exact) mass is 443 g/mol. The Bertz CT molecular complexity index is 1030. The summed E-state index contributed by atoms with van der Waals surface area (Å²) in [6, 6.07) is 12.8. The van der Waals surface area contributed by atoms with Gasteiger partial charge in [-0.15, -0.1) is 0 Å². The van der Waals surface area contributed by atoms with Crippen LogP contribution in [0.5, 0.6) is 5.75 Å². The summed E-state index contributed by atoms with van der Waals surface area (Å²) in [6.45, 7) is 0.738. The maximum Gasteiger partial charge on any atom is 0.293 e. The Morgan fingerprint density at radius 1 is 1.23 bits per heavy atom. The Morgan fingerprint density at radius 3 is 2.74 bits per heavy atom. The summed E-state index contributed by atoms with van der Waals surface area (Å²) < 4.78 is 13.8. The minimum absolute atomic E-state index is 0.0291. The number of nitrogens with one attached hydrogen (secondary N) is 1. The summed E-state index contributed by atoms with van der Waals surface area (Å²) in [5.74, 6) is -1.07. The summed E-state index contributed by atoms with van der Waals surface area (Å²) in [6.07, 6.45) is 1.36. The molecule has 0 spiro atoms. The molecule has 0 atom stereocenters. The highest BCUT2D eigenvalue weighted by Gasteiger charge is 2.34. The van der Waals surface area contributed by atoms with Crippen LogP contribution in [0.3, 0.4) is 0 Å². The molecular formula is C22H22FN3O4S. The van der Waals surface area contributed by atoms with Gasteiger partial charge in [0.25, 0.3) is 11.1 Å². The predicted molar refractivity (Wildman–Crippen MR) is 117 cm³/mol. The Morgan fingerprint density at radius 2 is 2.00 bits per heavy atom. The van der Waals surface area contributed by atoms with Gasteiger partial charge in [-0.1, -0.05) is 30.3 Å². The topological polar surface area (TPSA) is 90.0 Å². The van der Waals surface area contributed by atoms with Crippen LogP contribution in [0.15, 0.2) is 53.4 Å². The van der Waals surface area contributed by atoms with Gasteiger partial charge in [-0.2, -0.15) is 0 Å². The molecule has 162 valence electrons. The molecule has 1 saturated heterocycles. The Kier molecular flexibility index (Phi) is 7.43. The van der Waals surface area contributed by atoms with Crippen molar-refractivity contribution < 1.29 is 23.9 Å². The molecule has 0 aliphatic carbocycles. The molecule has 2 aromatic rings. The number of carbonyl (C=O) groups is 3. The number of imide groups is 1. The normalized spacial score (nSPS) is 15.2. The summed E-state index contributed by atoms with van der Waals surface area (Å²) in [7, 11) is 1.77. The van der Waals surface area contributed by atoms with E-state index in [4.69, 9.17) is 0 Å². The molecule has 1 heterocycles. The number of hydrogen-bond acceptors (Lipinski definition) is 6. The number of hydrogen-bond donors (Lipinski definition) is 2. The number of rotatable bonds is 8. The van der Waals surface area contributed by atoms with Gasteiger partial charge < -0.3 is 10.4 Å². The summed E-state index contributed by atoms with van der Waals surface area (Å²) in [5.41, 5.74) is 1.10. The molecule has 2 aromatic carbocycles. The van der Waals surface area contributed by atoms with Gasteiger partial charge in [-0.05, 0) is 48.6 Å². The van der Waals surface area contributed by atoms with Crippen LogP contribution in [0, 0.1) is 5.82 Å². The maximum atomic E-state index is 13.8. The second kappa shape index (κ2) is 10.2. The van der Waals surface area contributed by atoms with E-state index in [1.54, 1.807) is 42.3 Å². The fourth-order valence-corrected chi connectivity index (χ4v) is 3.91. The van der Waals surface area contributed by atoms with Gasteiger partial charge in [0.2, 0.25) is 5.91 Å². The van der Waals surface area contributed by atoms with E-state index < -0.39 is 17.0 Å². The zero-order valence-corrected chi connectivity index (χ0v) is 17.7. The van der Waals surface area contributed by atoms with E-state index in [1.807, 2.05) is 6.07 Å². The predicted octanol–water partition coefficient (Wildman–Crippen LogP) is 2.82. The number of halogens is 1. The average molecular weight is 444 g/mol. The molecule has 7 nitrogen and oxygen atoms in total. The second-order valence-electron chi connectivity index (χ2n) is 7.05. The van der Waals surface area contributed by atoms with Crippen molar-refractivity contribution in [3.63, 3.8) is 0 Å². The molecule has 3 rings (SSSR count). The van der Waals surface area contributed by atoms with E-state index in [9.17, 15) is 23.9 Å². The number of phenols is 1. The first kappa shape index (κ1) is 22.5. The highest BCUT2D eigenvalue weighted by atomic mass is 32.2. The number of aromatic hydroxyl groups is 1. The van der Waals surface area contributed by atoms with Crippen LogP contribution in [-0.2, 0) is 16.1 Å². The third-order valence-electron chi connectivity index (χ3n) is 4.50.